The van der Waals surface area contributed by atoms with Crippen LogP contribution in [0.5, 0.6) is 0 Å². The number of carbonyl (C=O) groups is 1. The molecule has 0 bridgehead atoms. The van der Waals surface area contributed by atoms with Crippen molar-refractivity contribution < 1.29 is 13.2 Å². The smallest absolute Gasteiger partial charge is 0.235 e. The van der Waals surface area contributed by atoms with Crippen LogP contribution in [0.4, 0.5) is 0 Å². The van der Waals surface area contributed by atoms with Crippen molar-refractivity contribution in [2.45, 2.75) is 13.3 Å². The highest BCUT2D eigenvalue weighted by Gasteiger charge is 2.29. The second-order valence-electron chi connectivity index (χ2n) is 3.71. The van der Waals surface area contributed by atoms with Crippen LogP contribution in [0.1, 0.15) is 13.3 Å². The molecule has 0 unspecified atom stereocenters. The van der Waals surface area contributed by atoms with Crippen LogP contribution in [-0.4, -0.2) is 57.1 Å². The molecular weight excluding hydrogens is 230 g/mol. The fourth-order valence-corrected chi connectivity index (χ4v) is 3.03. The summed E-state index contributed by atoms with van der Waals surface area (Å²) in [5, 5.41) is 5.74. The molecule has 0 aromatic heterocycles. The van der Waals surface area contributed by atoms with E-state index in [1.807, 2.05) is 6.92 Å². The van der Waals surface area contributed by atoms with Gasteiger partial charge in [-0.1, -0.05) is 6.92 Å². The molecule has 1 amide bonds. The van der Waals surface area contributed by atoms with Gasteiger partial charge in [0.15, 0.2) is 0 Å². The fraction of sp³-hybridized carbons (Fsp3) is 0.889. The third-order valence-electron chi connectivity index (χ3n) is 2.40. The maximum atomic E-state index is 11.4. The van der Waals surface area contributed by atoms with E-state index in [4.69, 9.17) is 0 Å². The SMILES string of the molecule is CCNCCNC(=O)CN1CCCS1(=O)=O. The van der Waals surface area contributed by atoms with Gasteiger partial charge in [-0.25, -0.2) is 8.42 Å². The third-order valence-corrected chi connectivity index (χ3v) is 4.30. The van der Waals surface area contributed by atoms with E-state index in [1.54, 1.807) is 0 Å². The van der Waals surface area contributed by atoms with Crippen molar-refractivity contribution >= 4 is 15.9 Å². The van der Waals surface area contributed by atoms with Crippen LogP contribution in [0, 0.1) is 0 Å². The standard InChI is InChI=1S/C9H19N3O3S/c1-2-10-4-5-11-9(13)8-12-6-3-7-16(12,14)15/h10H,2-8H2,1H3,(H,11,13). The normalized spacial score (nSPS) is 19.8. The molecule has 0 aromatic rings. The molecule has 0 radical (unpaired) electrons. The van der Waals surface area contributed by atoms with Gasteiger partial charge < -0.3 is 10.6 Å². The first kappa shape index (κ1) is 13.4. The quantitative estimate of drug-likeness (QED) is 0.576. The molecule has 94 valence electrons. The largest absolute Gasteiger partial charge is 0.354 e. The van der Waals surface area contributed by atoms with Gasteiger partial charge in [-0.05, 0) is 13.0 Å². The Morgan fingerprint density at radius 2 is 2.12 bits per heavy atom. The summed E-state index contributed by atoms with van der Waals surface area (Å²) >= 11 is 0. The molecule has 0 spiro atoms. The highest BCUT2D eigenvalue weighted by molar-refractivity contribution is 7.89. The molecule has 6 nitrogen and oxygen atoms in total. The van der Waals surface area contributed by atoms with Crippen molar-refractivity contribution in [3.8, 4) is 0 Å². The number of amides is 1. The average Bonchev–Trinajstić information content (AvgIpc) is 2.53. The molecule has 0 aromatic carbocycles. The van der Waals surface area contributed by atoms with E-state index >= 15 is 0 Å². The van der Waals surface area contributed by atoms with E-state index in [-0.39, 0.29) is 18.2 Å². The Balaban J connectivity index is 2.24. The first-order valence-corrected chi connectivity index (χ1v) is 7.12. The Hall–Kier alpha value is -0.660. The zero-order valence-corrected chi connectivity index (χ0v) is 10.3. The Bertz CT molecular complexity index is 329. The monoisotopic (exact) mass is 249 g/mol. The van der Waals surface area contributed by atoms with Gasteiger partial charge in [0, 0.05) is 19.6 Å². The average molecular weight is 249 g/mol. The molecule has 16 heavy (non-hydrogen) atoms. The van der Waals surface area contributed by atoms with E-state index in [2.05, 4.69) is 10.6 Å². The summed E-state index contributed by atoms with van der Waals surface area (Å²) in [4.78, 5) is 11.4. The van der Waals surface area contributed by atoms with Crippen LogP contribution < -0.4 is 10.6 Å². The van der Waals surface area contributed by atoms with Crippen molar-refractivity contribution in [2.75, 3.05) is 38.5 Å². The van der Waals surface area contributed by atoms with Crippen molar-refractivity contribution in [3.05, 3.63) is 0 Å². The van der Waals surface area contributed by atoms with Crippen molar-refractivity contribution in [3.63, 3.8) is 0 Å². The second-order valence-corrected chi connectivity index (χ2v) is 5.80. The van der Waals surface area contributed by atoms with Gasteiger partial charge in [0.25, 0.3) is 0 Å². The lowest BCUT2D eigenvalue weighted by Gasteiger charge is -2.13. The van der Waals surface area contributed by atoms with Crippen LogP contribution >= 0.6 is 0 Å². The lowest BCUT2D eigenvalue weighted by molar-refractivity contribution is -0.121. The molecular formula is C9H19N3O3S. The summed E-state index contributed by atoms with van der Waals surface area (Å²) in [5.41, 5.74) is 0. The number of rotatable bonds is 6. The summed E-state index contributed by atoms with van der Waals surface area (Å²) in [5.74, 6) is -0.0686. The molecule has 7 heteroatoms. The lowest BCUT2D eigenvalue weighted by atomic mass is 10.4. The Kier molecular flexibility index (Phi) is 5.17. The van der Waals surface area contributed by atoms with Crippen LogP contribution in [0.25, 0.3) is 0 Å². The first-order chi connectivity index (χ1) is 7.56. The fourth-order valence-electron chi connectivity index (χ4n) is 1.55. The summed E-state index contributed by atoms with van der Waals surface area (Å²) in [7, 11) is -3.16. The molecule has 1 aliphatic rings. The van der Waals surface area contributed by atoms with Crippen molar-refractivity contribution in [1.82, 2.24) is 14.9 Å². The van der Waals surface area contributed by atoms with Gasteiger partial charge in [0.05, 0.1) is 12.3 Å². The minimum atomic E-state index is -3.16. The molecule has 1 fully saturated rings. The van der Waals surface area contributed by atoms with Crippen LogP contribution in [0.15, 0.2) is 0 Å². The van der Waals surface area contributed by atoms with Gasteiger partial charge in [-0.15, -0.1) is 0 Å². The molecule has 1 saturated heterocycles. The third kappa shape index (κ3) is 4.07. The van der Waals surface area contributed by atoms with Gasteiger partial charge in [-0.2, -0.15) is 4.31 Å². The van der Waals surface area contributed by atoms with E-state index in [0.717, 1.165) is 6.54 Å². The van der Waals surface area contributed by atoms with E-state index in [9.17, 15) is 13.2 Å². The number of sulfonamides is 1. The number of hydrogen-bond donors (Lipinski definition) is 2. The minimum Gasteiger partial charge on any atom is -0.354 e. The summed E-state index contributed by atoms with van der Waals surface area (Å²) in [6.45, 7) is 4.49. The minimum absolute atomic E-state index is 0.0472. The predicted molar refractivity (Wildman–Crippen MR) is 61.5 cm³/mol. The molecule has 1 rings (SSSR count). The second kappa shape index (κ2) is 6.17. The van der Waals surface area contributed by atoms with Crippen molar-refractivity contribution in [2.24, 2.45) is 0 Å². The molecule has 0 atom stereocenters. The highest BCUT2D eigenvalue weighted by atomic mass is 32.2. The molecule has 0 aliphatic carbocycles. The van der Waals surface area contributed by atoms with E-state index in [0.29, 0.717) is 26.1 Å². The highest BCUT2D eigenvalue weighted by Crippen LogP contribution is 2.11. The van der Waals surface area contributed by atoms with Gasteiger partial charge in [-0.3, -0.25) is 4.79 Å². The predicted octanol–water partition coefficient (Wildman–Crippen LogP) is -1.25. The topological polar surface area (TPSA) is 78.5 Å². The maximum Gasteiger partial charge on any atom is 0.235 e. The number of hydrogen-bond acceptors (Lipinski definition) is 4. The Morgan fingerprint density at radius 3 is 2.69 bits per heavy atom. The van der Waals surface area contributed by atoms with E-state index in [1.165, 1.54) is 4.31 Å². The number of likely N-dealkylation sites (N-methyl/N-ethyl adjacent to an activating group) is 1. The summed E-state index contributed by atoms with van der Waals surface area (Å²) in [6, 6.07) is 0. The van der Waals surface area contributed by atoms with Crippen LogP contribution in [0.2, 0.25) is 0 Å². The first-order valence-electron chi connectivity index (χ1n) is 5.51. The zero-order valence-electron chi connectivity index (χ0n) is 9.53. The summed E-state index contributed by atoms with van der Waals surface area (Å²) < 4.78 is 24.1. The van der Waals surface area contributed by atoms with Gasteiger partial charge in [0.2, 0.25) is 15.9 Å². The van der Waals surface area contributed by atoms with Crippen LogP contribution in [0.3, 0.4) is 0 Å². The molecule has 2 N–H and O–H groups in total. The molecule has 1 aliphatic heterocycles. The summed E-state index contributed by atoms with van der Waals surface area (Å²) in [6.07, 6.45) is 0.618. The van der Waals surface area contributed by atoms with Crippen LogP contribution in [-0.2, 0) is 14.8 Å². The Labute approximate surface area is 96.4 Å². The zero-order chi connectivity index (χ0) is 12.0. The molecule has 1 heterocycles. The number of nitrogens with zero attached hydrogens (tertiary/aromatic N) is 1. The number of carbonyl (C=O) groups excluding carboxylic acids is 1. The van der Waals surface area contributed by atoms with Gasteiger partial charge >= 0.3 is 0 Å². The Morgan fingerprint density at radius 1 is 1.38 bits per heavy atom. The van der Waals surface area contributed by atoms with Gasteiger partial charge in [0.1, 0.15) is 0 Å². The number of nitrogens with one attached hydrogen (secondary N) is 2. The van der Waals surface area contributed by atoms with Crippen molar-refractivity contribution in [1.29, 1.82) is 0 Å². The lowest BCUT2D eigenvalue weighted by Crippen LogP contribution is -2.40. The van der Waals surface area contributed by atoms with E-state index < -0.39 is 10.0 Å². The maximum absolute atomic E-state index is 11.4. The molecule has 0 saturated carbocycles.